The Kier molecular flexibility index (Phi) is 3.79. The number of benzene rings is 2. The number of rotatable bonds is 3. The first kappa shape index (κ1) is 15.6. The van der Waals surface area contributed by atoms with Gasteiger partial charge in [0.2, 0.25) is 0 Å². The zero-order valence-corrected chi connectivity index (χ0v) is 15.2. The van der Waals surface area contributed by atoms with Crippen LogP contribution < -0.4 is 0 Å². The van der Waals surface area contributed by atoms with Crippen molar-refractivity contribution in [1.29, 1.82) is 0 Å². The van der Waals surface area contributed by atoms with Crippen molar-refractivity contribution in [3.8, 4) is 27.4 Å². The first-order valence-corrected chi connectivity index (χ1v) is 10.0. The van der Waals surface area contributed by atoms with E-state index < -0.39 is 0 Å². The lowest BCUT2D eigenvalue weighted by molar-refractivity contribution is 0.475. The SMILES string of the molecule is Oc1ccc(-c2nn(C3CCCC3)c3c(-c4cccs4)cccc23)cc1. The van der Waals surface area contributed by atoms with Gasteiger partial charge in [0.15, 0.2) is 0 Å². The van der Waals surface area contributed by atoms with E-state index in [9.17, 15) is 5.11 Å². The van der Waals surface area contributed by atoms with Crippen molar-refractivity contribution in [2.75, 3.05) is 0 Å². The van der Waals surface area contributed by atoms with Gasteiger partial charge in [0.25, 0.3) is 0 Å². The summed E-state index contributed by atoms with van der Waals surface area (Å²) in [6.07, 6.45) is 4.96. The van der Waals surface area contributed by atoms with Gasteiger partial charge < -0.3 is 5.11 Å². The number of hydrogen-bond donors (Lipinski definition) is 1. The maximum Gasteiger partial charge on any atom is 0.115 e. The molecule has 1 saturated carbocycles. The van der Waals surface area contributed by atoms with Crippen LogP contribution in [0, 0.1) is 0 Å². The normalized spacial score (nSPS) is 15.1. The van der Waals surface area contributed by atoms with Crippen LogP contribution in [0.1, 0.15) is 31.7 Å². The number of fused-ring (bicyclic) bond motifs is 1. The van der Waals surface area contributed by atoms with Crippen molar-refractivity contribution < 1.29 is 5.11 Å². The quantitative estimate of drug-likeness (QED) is 0.469. The molecule has 4 heteroatoms. The molecule has 1 fully saturated rings. The van der Waals surface area contributed by atoms with Gasteiger partial charge >= 0.3 is 0 Å². The molecule has 0 spiro atoms. The van der Waals surface area contributed by atoms with E-state index in [2.05, 4.69) is 40.4 Å². The topological polar surface area (TPSA) is 38.1 Å². The predicted octanol–water partition coefficient (Wildman–Crippen LogP) is 6.25. The second-order valence-corrected chi connectivity index (χ2v) is 7.91. The minimum atomic E-state index is 0.285. The summed E-state index contributed by atoms with van der Waals surface area (Å²) < 4.78 is 2.28. The first-order valence-electron chi connectivity index (χ1n) is 9.16. The summed E-state index contributed by atoms with van der Waals surface area (Å²) >= 11 is 1.77. The molecule has 1 N–H and O–H groups in total. The molecule has 26 heavy (non-hydrogen) atoms. The lowest BCUT2D eigenvalue weighted by atomic mass is 10.0. The van der Waals surface area contributed by atoms with Crippen LogP contribution in [0.3, 0.4) is 0 Å². The molecule has 0 bridgehead atoms. The molecule has 0 amide bonds. The minimum absolute atomic E-state index is 0.285. The Morgan fingerprint density at radius 3 is 2.50 bits per heavy atom. The van der Waals surface area contributed by atoms with Gasteiger partial charge in [-0.15, -0.1) is 11.3 Å². The van der Waals surface area contributed by atoms with Gasteiger partial charge in [0.05, 0.1) is 11.6 Å². The highest BCUT2D eigenvalue weighted by Crippen LogP contribution is 2.40. The van der Waals surface area contributed by atoms with Crippen LogP contribution in [0.25, 0.3) is 32.6 Å². The van der Waals surface area contributed by atoms with Gasteiger partial charge in [-0.05, 0) is 48.6 Å². The fourth-order valence-electron chi connectivity index (χ4n) is 4.07. The number of thiophene rings is 1. The van der Waals surface area contributed by atoms with Crippen molar-refractivity contribution >= 4 is 22.2 Å². The first-order chi connectivity index (χ1) is 12.8. The van der Waals surface area contributed by atoms with Crippen LogP contribution in [-0.2, 0) is 0 Å². The Hall–Kier alpha value is -2.59. The molecule has 0 unspecified atom stereocenters. The summed E-state index contributed by atoms with van der Waals surface area (Å²) in [5.41, 5.74) is 4.56. The molecule has 0 radical (unpaired) electrons. The molecule has 1 aliphatic carbocycles. The molecule has 2 heterocycles. The molecular formula is C22H20N2OS. The highest BCUT2D eigenvalue weighted by atomic mass is 32.1. The number of aromatic hydroxyl groups is 1. The lowest BCUT2D eigenvalue weighted by Crippen LogP contribution is -2.07. The third-order valence-corrected chi connectivity index (χ3v) is 6.23. The summed E-state index contributed by atoms with van der Waals surface area (Å²) in [5, 5.41) is 18.0. The number of phenols is 1. The van der Waals surface area contributed by atoms with Crippen molar-refractivity contribution in [2.24, 2.45) is 0 Å². The van der Waals surface area contributed by atoms with E-state index >= 15 is 0 Å². The maximum atomic E-state index is 9.64. The van der Waals surface area contributed by atoms with Crippen LogP contribution in [0.4, 0.5) is 0 Å². The van der Waals surface area contributed by atoms with Crippen molar-refractivity contribution in [3.63, 3.8) is 0 Å². The van der Waals surface area contributed by atoms with Crippen molar-refractivity contribution in [1.82, 2.24) is 9.78 Å². The molecular weight excluding hydrogens is 340 g/mol. The summed E-state index contributed by atoms with van der Waals surface area (Å²) in [6.45, 7) is 0. The van der Waals surface area contributed by atoms with Crippen LogP contribution >= 0.6 is 11.3 Å². The molecule has 2 aromatic carbocycles. The fourth-order valence-corrected chi connectivity index (χ4v) is 4.82. The standard InChI is InChI=1S/C22H20N2OS/c25-17-12-10-15(11-13-17)21-19-8-3-7-18(20-9-4-14-26-20)22(19)24(23-21)16-5-1-2-6-16/h3-4,7-14,16,25H,1-2,5-6H2. The molecule has 0 saturated heterocycles. The molecule has 0 aliphatic heterocycles. The number of para-hydroxylation sites is 1. The van der Waals surface area contributed by atoms with E-state index in [1.165, 1.54) is 47.0 Å². The average molecular weight is 360 g/mol. The monoisotopic (exact) mass is 360 g/mol. The molecule has 0 atom stereocenters. The maximum absolute atomic E-state index is 9.64. The molecule has 1 aliphatic rings. The van der Waals surface area contributed by atoms with Crippen LogP contribution in [0.5, 0.6) is 5.75 Å². The largest absolute Gasteiger partial charge is 0.508 e. The summed E-state index contributed by atoms with van der Waals surface area (Å²) in [7, 11) is 0. The Bertz CT molecular complexity index is 1040. The zero-order valence-electron chi connectivity index (χ0n) is 14.4. The predicted molar refractivity (Wildman–Crippen MR) is 108 cm³/mol. The number of hydrogen-bond acceptors (Lipinski definition) is 3. The zero-order chi connectivity index (χ0) is 17.5. The van der Waals surface area contributed by atoms with E-state index in [1.807, 2.05) is 12.1 Å². The number of phenolic OH excluding ortho intramolecular Hbond substituents is 1. The lowest BCUT2D eigenvalue weighted by Gasteiger charge is -2.13. The summed E-state index contributed by atoms with van der Waals surface area (Å²) in [6, 6.07) is 18.7. The molecule has 5 rings (SSSR count). The molecule has 2 aromatic heterocycles. The minimum Gasteiger partial charge on any atom is -0.508 e. The third-order valence-electron chi connectivity index (χ3n) is 5.33. The molecule has 130 valence electrons. The Morgan fingerprint density at radius 1 is 0.962 bits per heavy atom. The Labute approximate surface area is 156 Å². The van der Waals surface area contributed by atoms with Crippen LogP contribution in [0.2, 0.25) is 0 Å². The van der Waals surface area contributed by atoms with E-state index in [1.54, 1.807) is 23.5 Å². The van der Waals surface area contributed by atoms with Crippen molar-refractivity contribution in [2.45, 2.75) is 31.7 Å². The number of nitrogens with zero attached hydrogens (tertiary/aromatic N) is 2. The van der Waals surface area contributed by atoms with Gasteiger partial charge in [-0.1, -0.05) is 37.1 Å². The van der Waals surface area contributed by atoms with Crippen molar-refractivity contribution in [3.05, 3.63) is 60.0 Å². The van der Waals surface area contributed by atoms with Gasteiger partial charge in [-0.2, -0.15) is 5.10 Å². The fraction of sp³-hybridized carbons (Fsp3) is 0.227. The molecule has 4 aromatic rings. The smallest absolute Gasteiger partial charge is 0.115 e. The summed E-state index contributed by atoms with van der Waals surface area (Å²) in [4.78, 5) is 1.28. The summed E-state index contributed by atoms with van der Waals surface area (Å²) in [5.74, 6) is 0.285. The third kappa shape index (κ3) is 2.53. The second kappa shape index (κ2) is 6.29. The second-order valence-electron chi connectivity index (χ2n) is 6.96. The van der Waals surface area contributed by atoms with E-state index in [0.717, 1.165) is 11.3 Å². The van der Waals surface area contributed by atoms with Gasteiger partial charge in [-0.25, -0.2) is 0 Å². The van der Waals surface area contributed by atoms with Gasteiger partial charge in [0, 0.05) is 21.4 Å². The van der Waals surface area contributed by atoms with Crippen LogP contribution in [0.15, 0.2) is 60.0 Å². The van der Waals surface area contributed by atoms with E-state index in [-0.39, 0.29) is 5.75 Å². The average Bonchev–Trinajstić information content (AvgIpc) is 3.42. The Balaban J connectivity index is 1.79. The van der Waals surface area contributed by atoms with Gasteiger partial charge in [-0.3, -0.25) is 4.68 Å². The van der Waals surface area contributed by atoms with E-state index in [4.69, 9.17) is 5.10 Å². The van der Waals surface area contributed by atoms with Crippen LogP contribution in [-0.4, -0.2) is 14.9 Å². The Morgan fingerprint density at radius 2 is 1.77 bits per heavy atom. The highest BCUT2D eigenvalue weighted by Gasteiger charge is 2.24. The van der Waals surface area contributed by atoms with E-state index in [0.29, 0.717) is 6.04 Å². The van der Waals surface area contributed by atoms with Gasteiger partial charge in [0.1, 0.15) is 11.4 Å². The molecule has 3 nitrogen and oxygen atoms in total. The number of aromatic nitrogens is 2. The highest BCUT2D eigenvalue weighted by molar-refractivity contribution is 7.13.